The third-order valence-electron chi connectivity index (χ3n) is 3.05. The van der Waals surface area contributed by atoms with Crippen LogP contribution in [0.4, 0.5) is 0 Å². The SMILES string of the molecule is CCCc1c(Cl)[nH]c(=O)n(CCn2cc(C)cn2)c1=O. The molecule has 2 aromatic heterocycles. The van der Waals surface area contributed by atoms with Crippen LogP contribution in [0.3, 0.4) is 0 Å². The van der Waals surface area contributed by atoms with Crippen molar-refractivity contribution in [2.24, 2.45) is 0 Å². The molecule has 2 rings (SSSR count). The smallest absolute Gasteiger partial charge is 0.297 e. The molecule has 0 amide bonds. The van der Waals surface area contributed by atoms with Gasteiger partial charge in [0, 0.05) is 6.20 Å². The summed E-state index contributed by atoms with van der Waals surface area (Å²) >= 11 is 5.92. The quantitative estimate of drug-likeness (QED) is 0.847. The Morgan fingerprint density at radius 2 is 2.10 bits per heavy atom. The van der Waals surface area contributed by atoms with Crippen LogP contribution in [-0.4, -0.2) is 19.3 Å². The van der Waals surface area contributed by atoms with E-state index in [-0.39, 0.29) is 17.3 Å². The fraction of sp³-hybridized carbons (Fsp3) is 0.462. The number of hydrogen-bond donors (Lipinski definition) is 1. The number of nitrogens with one attached hydrogen (secondary N) is 1. The van der Waals surface area contributed by atoms with E-state index in [9.17, 15) is 9.59 Å². The number of aromatic amines is 1. The first kappa shape index (κ1) is 14.6. The van der Waals surface area contributed by atoms with Gasteiger partial charge in [-0.2, -0.15) is 5.10 Å². The van der Waals surface area contributed by atoms with Crippen molar-refractivity contribution in [3.8, 4) is 0 Å². The van der Waals surface area contributed by atoms with Crippen LogP contribution in [0.2, 0.25) is 5.15 Å². The van der Waals surface area contributed by atoms with E-state index >= 15 is 0 Å². The molecule has 7 heteroatoms. The van der Waals surface area contributed by atoms with Gasteiger partial charge in [-0.3, -0.25) is 19.0 Å². The number of aromatic nitrogens is 4. The van der Waals surface area contributed by atoms with E-state index in [1.54, 1.807) is 10.9 Å². The maximum atomic E-state index is 12.3. The van der Waals surface area contributed by atoms with Crippen LogP contribution in [0, 0.1) is 6.92 Å². The van der Waals surface area contributed by atoms with E-state index in [2.05, 4.69) is 10.1 Å². The molecule has 0 unspecified atom stereocenters. The molecular formula is C13H17ClN4O2. The normalized spacial score (nSPS) is 10.9. The van der Waals surface area contributed by atoms with Crippen molar-refractivity contribution in [2.45, 2.75) is 39.8 Å². The van der Waals surface area contributed by atoms with Gasteiger partial charge in [0.25, 0.3) is 5.56 Å². The highest BCUT2D eigenvalue weighted by Crippen LogP contribution is 2.07. The van der Waals surface area contributed by atoms with E-state index in [1.807, 2.05) is 20.0 Å². The molecule has 108 valence electrons. The lowest BCUT2D eigenvalue weighted by molar-refractivity contribution is 0.504. The topological polar surface area (TPSA) is 72.7 Å². The summed E-state index contributed by atoms with van der Waals surface area (Å²) in [7, 11) is 0. The minimum Gasteiger partial charge on any atom is -0.297 e. The zero-order valence-corrected chi connectivity index (χ0v) is 12.3. The predicted molar refractivity (Wildman–Crippen MR) is 77.3 cm³/mol. The van der Waals surface area contributed by atoms with Crippen molar-refractivity contribution < 1.29 is 0 Å². The molecule has 0 radical (unpaired) electrons. The van der Waals surface area contributed by atoms with Gasteiger partial charge in [0.15, 0.2) is 0 Å². The highest BCUT2D eigenvalue weighted by molar-refractivity contribution is 6.30. The van der Waals surface area contributed by atoms with Gasteiger partial charge >= 0.3 is 5.69 Å². The molecule has 0 aromatic carbocycles. The number of aryl methyl sites for hydroxylation is 2. The summed E-state index contributed by atoms with van der Waals surface area (Å²) in [6.45, 7) is 4.62. The molecule has 0 spiro atoms. The van der Waals surface area contributed by atoms with Crippen molar-refractivity contribution in [1.82, 2.24) is 19.3 Å². The lowest BCUT2D eigenvalue weighted by Crippen LogP contribution is -2.38. The fourth-order valence-electron chi connectivity index (χ4n) is 2.05. The lowest BCUT2D eigenvalue weighted by atomic mass is 10.2. The second-order valence-corrected chi connectivity index (χ2v) is 5.09. The molecule has 0 saturated carbocycles. The molecule has 2 aromatic rings. The average molecular weight is 297 g/mol. The minimum absolute atomic E-state index is 0.146. The van der Waals surface area contributed by atoms with E-state index in [4.69, 9.17) is 11.6 Å². The molecule has 0 bridgehead atoms. The van der Waals surface area contributed by atoms with E-state index in [1.165, 1.54) is 4.57 Å². The Hall–Kier alpha value is -1.82. The summed E-state index contributed by atoms with van der Waals surface area (Å²) < 4.78 is 2.88. The maximum absolute atomic E-state index is 12.3. The summed E-state index contributed by atoms with van der Waals surface area (Å²) in [6, 6.07) is 0. The number of rotatable bonds is 5. The largest absolute Gasteiger partial charge is 0.329 e. The van der Waals surface area contributed by atoms with Crippen LogP contribution >= 0.6 is 11.6 Å². The monoisotopic (exact) mass is 296 g/mol. The highest BCUT2D eigenvalue weighted by atomic mass is 35.5. The zero-order valence-electron chi connectivity index (χ0n) is 11.5. The van der Waals surface area contributed by atoms with Gasteiger partial charge in [0.05, 0.1) is 24.8 Å². The van der Waals surface area contributed by atoms with Crippen LogP contribution in [0.25, 0.3) is 0 Å². The Labute approximate surface area is 121 Å². The molecule has 20 heavy (non-hydrogen) atoms. The van der Waals surface area contributed by atoms with Gasteiger partial charge in [0.1, 0.15) is 5.15 Å². The Kier molecular flexibility index (Phi) is 4.44. The zero-order chi connectivity index (χ0) is 14.7. The Bertz CT molecular complexity index is 714. The first-order valence-corrected chi connectivity index (χ1v) is 6.91. The first-order chi connectivity index (χ1) is 9.52. The molecule has 1 N–H and O–H groups in total. The highest BCUT2D eigenvalue weighted by Gasteiger charge is 2.11. The fourth-order valence-corrected chi connectivity index (χ4v) is 2.30. The number of nitrogens with zero attached hydrogens (tertiary/aromatic N) is 3. The number of H-pyrrole nitrogens is 1. The van der Waals surface area contributed by atoms with Gasteiger partial charge in [-0.1, -0.05) is 24.9 Å². The van der Waals surface area contributed by atoms with E-state index in [0.717, 1.165) is 12.0 Å². The Balaban J connectivity index is 2.29. The van der Waals surface area contributed by atoms with Crippen molar-refractivity contribution in [2.75, 3.05) is 0 Å². The van der Waals surface area contributed by atoms with Gasteiger partial charge in [-0.25, -0.2) is 4.79 Å². The van der Waals surface area contributed by atoms with Gasteiger partial charge < -0.3 is 0 Å². The summed E-state index contributed by atoms with van der Waals surface area (Å²) in [4.78, 5) is 26.6. The molecule has 0 aliphatic heterocycles. The molecule has 0 atom stereocenters. The summed E-state index contributed by atoms with van der Waals surface area (Å²) in [6.07, 6.45) is 4.94. The summed E-state index contributed by atoms with van der Waals surface area (Å²) in [5.41, 5.74) is 0.702. The molecule has 2 heterocycles. The van der Waals surface area contributed by atoms with E-state index < -0.39 is 5.69 Å². The lowest BCUT2D eigenvalue weighted by Gasteiger charge is -2.08. The third-order valence-corrected chi connectivity index (χ3v) is 3.37. The average Bonchev–Trinajstić information content (AvgIpc) is 2.80. The number of hydrogen-bond acceptors (Lipinski definition) is 3. The van der Waals surface area contributed by atoms with Crippen LogP contribution in [0.5, 0.6) is 0 Å². The second-order valence-electron chi connectivity index (χ2n) is 4.71. The predicted octanol–water partition coefficient (Wildman–Crippen LogP) is 1.35. The van der Waals surface area contributed by atoms with Crippen LogP contribution in [0.1, 0.15) is 24.5 Å². The number of halogens is 1. The molecule has 6 nitrogen and oxygen atoms in total. The van der Waals surface area contributed by atoms with Crippen LogP contribution in [0.15, 0.2) is 22.0 Å². The Morgan fingerprint density at radius 1 is 1.35 bits per heavy atom. The van der Waals surface area contributed by atoms with Crippen molar-refractivity contribution in [3.63, 3.8) is 0 Å². The van der Waals surface area contributed by atoms with Gasteiger partial charge in [0.2, 0.25) is 0 Å². The molecule has 0 aliphatic carbocycles. The van der Waals surface area contributed by atoms with Gasteiger partial charge in [-0.05, 0) is 18.9 Å². The first-order valence-electron chi connectivity index (χ1n) is 6.53. The second kappa shape index (κ2) is 6.09. The third kappa shape index (κ3) is 3.01. The van der Waals surface area contributed by atoms with Crippen molar-refractivity contribution in [1.29, 1.82) is 0 Å². The van der Waals surface area contributed by atoms with Crippen molar-refractivity contribution in [3.05, 3.63) is 49.5 Å². The molecule has 0 aliphatic rings. The van der Waals surface area contributed by atoms with Gasteiger partial charge in [-0.15, -0.1) is 0 Å². The summed E-state index contributed by atoms with van der Waals surface area (Å²) in [5.74, 6) is 0. The minimum atomic E-state index is -0.483. The van der Waals surface area contributed by atoms with Crippen LogP contribution in [-0.2, 0) is 19.5 Å². The maximum Gasteiger partial charge on any atom is 0.329 e. The standard InChI is InChI=1S/C13H17ClN4O2/c1-3-4-10-11(14)16-13(20)18(12(10)19)6-5-17-8-9(2)7-15-17/h7-8H,3-6H2,1-2H3,(H,16,20). The van der Waals surface area contributed by atoms with Crippen molar-refractivity contribution >= 4 is 11.6 Å². The van der Waals surface area contributed by atoms with E-state index in [0.29, 0.717) is 18.5 Å². The Morgan fingerprint density at radius 3 is 2.70 bits per heavy atom. The molecular weight excluding hydrogens is 280 g/mol. The van der Waals surface area contributed by atoms with Crippen LogP contribution < -0.4 is 11.2 Å². The molecule has 0 fully saturated rings. The molecule has 0 saturated heterocycles. The summed E-state index contributed by atoms with van der Waals surface area (Å²) in [5, 5.41) is 4.28.